The number of benzene rings is 3. The largest absolute Gasteiger partial charge is 0.382 e. The summed E-state index contributed by atoms with van der Waals surface area (Å²) < 4.78 is 0. The third-order valence-electron chi connectivity index (χ3n) is 6.19. The number of hydrogen-bond acceptors (Lipinski definition) is 7. The van der Waals surface area contributed by atoms with Gasteiger partial charge in [-0.3, -0.25) is 4.98 Å². The maximum atomic E-state index is 6.18. The highest BCUT2D eigenvalue weighted by atomic mass is 35.5. The zero-order valence-electron chi connectivity index (χ0n) is 19.2. The summed E-state index contributed by atoms with van der Waals surface area (Å²) in [6, 6.07) is 26.0. The first-order valence-corrected chi connectivity index (χ1v) is 11.9. The fraction of sp³-hybridized carbons (Fsp3) is 0.0714. The van der Waals surface area contributed by atoms with Gasteiger partial charge in [-0.1, -0.05) is 54.1 Å². The van der Waals surface area contributed by atoms with Gasteiger partial charge in [-0.2, -0.15) is 0 Å². The Hall–Kier alpha value is -4.49. The average molecular weight is 492 g/mol. The molecule has 1 unspecified atom stereocenters. The summed E-state index contributed by atoms with van der Waals surface area (Å²) in [7, 11) is 0. The zero-order chi connectivity index (χ0) is 24.5. The van der Waals surface area contributed by atoms with Crippen molar-refractivity contribution < 1.29 is 0 Å². The highest BCUT2D eigenvalue weighted by Crippen LogP contribution is 2.37. The Labute approximate surface area is 213 Å². The Morgan fingerprint density at radius 3 is 2.69 bits per heavy atom. The minimum Gasteiger partial charge on any atom is -0.382 e. The van der Waals surface area contributed by atoms with Crippen LogP contribution >= 0.6 is 11.6 Å². The van der Waals surface area contributed by atoms with E-state index in [1.807, 2.05) is 54.6 Å². The van der Waals surface area contributed by atoms with Crippen LogP contribution in [0.1, 0.15) is 23.6 Å². The van der Waals surface area contributed by atoms with Crippen molar-refractivity contribution in [3.05, 3.63) is 108 Å². The predicted octanol–water partition coefficient (Wildman–Crippen LogP) is 6.68. The molecule has 0 bridgehead atoms. The number of anilines is 4. The molecule has 0 aliphatic carbocycles. The molecule has 5 aromatic rings. The van der Waals surface area contributed by atoms with Gasteiger partial charge < -0.3 is 16.4 Å². The summed E-state index contributed by atoms with van der Waals surface area (Å²) in [5, 5.41) is 8.75. The van der Waals surface area contributed by atoms with E-state index in [2.05, 4.69) is 49.9 Å². The highest BCUT2D eigenvalue weighted by molar-refractivity contribution is 6.31. The summed E-state index contributed by atoms with van der Waals surface area (Å²) in [4.78, 5) is 17.9. The fourth-order valence-corrected chi connectivity index (χ4v) is 4.60. The quantitative estimate of drug-likeness (QED) is 0.259. The number of aromatic nitrogens is 3. The standard InChI is InChI=1S/C28H22ClN7/c29-19-9-10-21-22(11-12-31-25(21)14-19)34-20-8-4-7-18(13-20)24-15-23(17-5-2-1-3-6-17)35-26-27(30)32-16-33-28(26)36-24/h1-14,16,24H,15H2,(H,31,34)(H3,30,32,33,36). The summed E-state index contributed by atoms with van der Waals surface area (Å²) in [5.74, 6) is 0.968. The van der Waals surface area contributed by atoms with Crippen molar-refractivity contribution in [3.63, 3.8) is 0 Å². The van der Waals surface area contributed by atoms with Crippen LogP contribution in [-0.2, 0) is 0 Å². The smallest absolute Gasteiger partial charge is 0.158 e. The first-order chi connectivity index (χ1) is 17.6. The maximum Gasteiger partial charge on any atom is 0.158 e. The van der Waals surface area contributed by atoms with Crippen LogP contribution in [0.3, 0.4) is 0 Å². The molecule has 4 N–H and O–H groups in total. The molecule has 3 aromatic carbocycles. The molecule has 8 heteroatoms. The van der Waals surface area contributed by atoms with E-state index in [4.69, 9.17) is 22.3 Å². The van der Waals surface area contributed by atoms with Crippen molar-refractivity contribution in [3.8, 4) is 0 Å². The molecule has 0 radical (unpaired) electrons. The number of nitrogens with one attached hydrogen (secondary N) is 2. The Balaban J connectivity index is 1.37. The molecule has 0 saturated heterocycles. The van der Waals surface area contributed by atoms with Crippen LogP contribution in [0.5, 0.6) is 0 Å². The molecule has 1 aliphatic rings. The van der Waals surface area contributed by atoms with Gasteiger partial charge in [0, 0.05) is 34.4 Å². The topological polar surface area (TPSA) is 101 Å². The Bertz CT molecular complexity index is 1600. The van der Waals surface area contributed by atoms with E-state index in [0.29, 0.717) is 28.8 Å². The minimum atomic E-state index is -0.0748. The van der Waals surface area contributed by atoms with Crippen LogP contribution in [-0.4, -0.2) is 20.7 Å². The second-order valence-electron chi connectivity index (χ2n) is 8.55. The zero-order valence-corrected chi connectivity index (χ0v) is 19.9. The normalized spacial score (nSPS) is 14.9. The van der Waals surface area contributed by atoms with Crippen molar-refractivity contribution in [2.24, 2.45) is 4.99 Å². The van der Waals surface area contributed by atoms with Crippen LogP contribution in [0.2, 0.25) is 5.02 Å². The molecule has 2 aromatic heterocycles. The first-order valence-electron chi connectivity index (χ1n) is 11.6. The number of nitrogen functional groups attached to an aromatic ring is 1. The van der Waals surface area contributed by atoms with E-state index in [1.54, 1.807) is 6.20 Å². The Morgan fingerprint density at radius 2 is 1.81 bits per heavy atom. The van der Waals surface area contributed by atoms with Crippen molar-refractivity contribution in [2.45, 2.75) is 12.5 Å². The van der Waals surface area contributed by atoms with Crippen LogP contribution in [0.25, 0.3) is 10.9 Å². The number of nitrogens with zero attached hydrogens (tertiary/aromatic N) is 4. The lowest BCUT2D eigenvalue weighted by Gasteiger charge is -2.20. The van der Waals surface area contributed by atoms with Gasteiger partial charge in [0.1, 0.15) is 12.0 Å². The number of aliphatic imine (C=N–C) groups is 1. The van der Waals surface area contributed by atoms with Crippen molar-refractivity contribution >= 4 is 56.9 Å². The van der Waals surface area contributed by atoms with Crippen LogP contribution < -0.4 is 16.4 Å². The number of fused-ring (bicyclic) bond motifs is 2. The Morgan fingerprint density at radius 1 is 0.917 bits per heavy atom. The number of halogens is 1. The molecule has 3 heterocycles. The molecule has 1 atom stereocenters. The predicted molar refractivity (Wildman–Crippen MR) is 147 cm³/mol. The van der Waals surface area contributed by atoms with Crippen molar-refractivity contribution in [1.82, 2.24) is 15.0 Å². The van der Waals surface area contributed by atoms with Crippen molar-refractivity contribution in [1.29, 1.82) is 0 Å². The monoisotopic (exact) mass is 491 g/mol. The van der Waals surface area contributed by atoms with E-state index in [0.717, 1.165) is 39.1 Å². The summed E-state index contributed by atoms with van der Waals surface area (Å²) in [6.07, 6.45) is 3.89. The van der Waals surface area contributed by atoms with Crippen molar-refractivity contribution in [2.75, 3.05) is 16.4 Å². The molecule has 0 spiro atoms. The fourth-order valence-electron chi connectivity index (χ4n) is 4.43. The molecule has 7 nitrogen and oxygen atoms in total. The van der Waals surface area contributed by atoms with E-state index in [-0.39, 0.29) is 6.04 Å². The minimum absolute atomic E-state index is 0.0748. The third kappa shape index (κ3) is 4.32. The van der Waals surface area contributed by atoms with Gasteiger partial charge in [0.05, 0.1) is 17.3 Å². The van der Waals surface area contributed by atoms with Gasteiger partial charge in [-0.05, 0) is 47.5 Å². The Kier molecular flexibility index (Phi) is 5.67. The summed E-state index contributed by atoms with van der Waals surface area (Å²) in [6.45, 7) is 0. The number of rotatable bonds is 4. The van der Waals surface area contributed by atoms with Gasteiger partial charge in [0.15, 0.2) is 11.6 Å². The molecule has 0 fully saturated rings. The van der Waals surface area contributed by atoms with Crippen LogP contribution in [0.4, 0.5) is 28.7 Å². The number of pyridine rings is 1. The van der Waals surface area contributed by atoms with Gasteiger partial charge in [-0.15, -0.1) is 0 Å². The lowest BCUT2D eigenvalue weighted by atomic mass is 9.97. The van der Waals surface area contributed by atoms with Crippen LogP contribution in [0.15, 0.2) is 96.4 Å². The van der Waals surface area contributed by atoms with E-state index in [1.165, 1.54) is 6.33 Å². The molecule has 36 heavy (non-hydrogen) atoms. The SMILES string of the molecule is Nc1ncnc2c1N=C(c1ccccc1)CC(c1cccc(Nc3ccnc4cc(Cl)ccc34)c1)N2. The second kappa shape index (κ2) is 9.28. The molecular formula is C28H22ClN7. The van der Waals surface area contributed by atoms with E-state index >= 15 is 0 Å². The van der Waals surface area contributed by atoms with Crippen LogP contribution in [0, 0.1) is 0 Å². The number of nitrogens with two attached hydrogens (primary N) is 1. The average Bonchev–Trinajstić information content (AvgIpc) is 3.10. The highest BCUT2D eigenvalue weighted by Gasteiger charge is 2.23. The first kappa shape index (κ1) is 22.0. The van der Waals surface area contributed by atoms with E-state index < -0.39 is 0 Å². The second-order valence-corrected chi connectivity index (χ2v) is 8.99. The summed E-state index contributed by atoms with van der Waals surface area (Å²) >= 11 is 6.16. The lowest BCUT2D eigenvalue weighted by Crippen LogP contribution is -2.15. The third-order valence-corrected chi connectivity index (χ3v) is 6.42. The maximum absolute atomic E-state index is 6.18. The van der Waals surface area contributed by atoms with E-state index in [9.17, 15) is 0 Å². The molecule has 6 rings (SSSR count). The van der Waals surface area contributed by atoms with Gasteiger partial charge in [-0.25, -0.2) is 15.0 Å². The van der Waals surface area contributed by atoms with Gasteiger partial charge in [0.25, 0.3) is 0 Å². The summed E-state index contributed by atoms with van der Waals surface area (Å²) in [5.41, 5.74) is 12.6. The molecule has 176 valence electrons. The molecule has 0 amide bonds. The lowest BCUT2D eigenvalue weighted by molar-refractivity contribution is 0.822. The molecule has 0 saturated carbocycles. The molecular weight excluding hydrogens is 470 g/mol. The van der Waals surface area contributed by atoms with Gasteiger partial charge >= 0.3 is 0 Å². The number of hydrogen-bond donors (Lipinski definition) is 3. The molecule has 1 aliphatic heterocycles. The van der Waals surface area contributed by atoms with Gasteiger partial charge in [0.2, 0.25) is 0 Å².